The van der Waals surface area contributed by atoms with Gasteiger partial charge in [0.1, 0.15) is 5.75 Å². The molecule has 1 heterocycles. The topological polar surface area (TPSA) is 100 Å². The first-order chi connectivity index (χ1) is 6.59. The summed E-state index contributed by atoms with van der Waals surface area (Å²) in [6.45, 7) is 0. The number of nitrogens with two attached hydrogens (primary N) is 1. The van der Waals surface area contributed by atoms with Gasteiger partial charge in [0.15, 0.2) is 0 Å². The summed E-state index contributed by atoms with van der Waals surface area (Å²) in [5.74, 6) is -0.215. The van der Waals surface area contributed by atoms with E-state index in [2.05, 4.69) is 0 Å². The molecule has 14 heavy (non-hydrogen) atoms. The molecule has 3 N–H and O–H groups in total. The number of hydrogen-bond acceptors (Lipinski definition) is 4. The van der Waals surface area contributed by atoms with Gasteiger partial charge in [-0.1, -0.05) is 0 Å². The van der Waals surface area contributed by atoms with Crippen molar-refractivity contribution in [3.8, 4) is 5.75 Å². The van der Waals surface area contributed by atoms with Gasteiger partial charge in [0.2, 0.25) is 0 Å². The Morgan fingerprint density at radius 1 is 1.29 bits per heavy atom. The van der Waals surface area contributed by atoms with E-state index in [1.54, 1.807) is 0 Å². The molecular formula is C8H7N3O3. The first-order valence-electron chi connectivity index (χ1n) is 3.84. The van der Waals surface area contributed by atoms with E-state index in [1.807, 2.05) is 0 Å². The number of rotatable bonds is 0. The fraction of sp³-hybridized carbons (Fsp3) is 0. The van der Waals surface area contributed by atoms with Crippen molar-refractivity contribution in [2.75, 3.05) is 5.73 Å². The predicted molar refractivity (Wildman–Crippen MR) is 47.9 cm³/mol. The highest BCUT2D eigenvalue weighted by Crippen LogP contribution is 2.23. The van der Waals surface area contributed by atoms with Crippen LogP contribution in [0.1, 0.15) is 0 Å². The van der Waals surface area contributed by atoms with Crippen LogP contribution < -0.4 is 15.4 Å². The lowest BCUT2D eigenvalue weighted by Gasteiger charge is -2.02. The zero-order valence-electron chi connectivity index (χ0n) is 7.04. The van der Waals surface area contributed by atoms with Crippen LogP contribution >= 0.6 is 0 Å². The first kappa shape index (κ1) is 8.36. The molecule has 0 atom stereocenters. The number of nitrogen functional groups attached to an aromatic ring is 1. The van der Waals surface area contributed by atoms with Gasteiger partial charge in [0.25, 0.3) is 11.7 Å². The van der Waals surface area contributed by atoms with Gasteiger partial charge in [-0.25, -0.2) is 0 Å². The average Bonchev–Trinajstić information content (AvgIpc) is 2.15. The number of anilines is 1. The van der Waals surface area contributed by atoms with E-state index in [9.17, 15) is 15.5 Å². The molecule has 0 saturated heterocycles. The molecular weight excluding hydrogens is 186 g/mol. The van der Waals surface area contributed by atoms with Crippen LogP contribution in [-0.4, -0.2) is 5.11 Å². The lowest BCUT2D eigenvalue weighted by Crippen LogP contribution is -2.60. The van der Waals surface area contributed by atoms with E-state index in [1.165, 1.54) is 12.1 Å². The second-order valence-electron chi connectivity index (χ2n) is 2.86. The van der Waals surface area contributed by atoms with E-state index < -0.39 is 0 Å². The number of hydrogen-bond donors (Lipinski definition) is 2. The van der Waals surface area contributed by atoms with Crippen LogP contribution in [-0.2, 0) is 0 Å². The summed E-state index contributed by atoms with van der Waals surface area (Å²) in [6.07, 6.45) is 1.08. The summed E-state index contributed by atoms with van der Waals surface area (Å²) in [5, 5.41) is 31.8. The van der Waals surface area contributed by atoms with Gasteiger partial charge in [-0.05, 0) is 6.07 Å². The SMILES string of the molecule is Nc1cc2cc[n+]([O-])[n+]([O-])c2cc1O. The number of aromatic nitrogens is 2. The smallest absolute Gasteiger partial charge is 0.299 e. The Hall–Kier alpha value is -2.24. The maximum absolute atomic E-state index is 11.2. The van der Waals surface area contributed by atoms with Crippen LogP contribution in [0.15, 0.2) is 24.4 Å². The Labute approximate surface area is 78.6 Å². The Balaban J connectivity index is 2.89. The van der Waals surface area contributed by atoms with E-state index in [0.29, 0.717) is 5.39 Å². The quantitative estimate of drug-likeness (QED) is 0.252. The van der Waals surface area contributed by atoms with Crippen LogP contribution in [0.25, 0.3) is 10.9 Å². The summed E-state index contributed by atoms with van der Waals surface area (Å²) in [4.78, 5) is 0.256. The maximum atomic E-state index is 11.2. The molecule has 1 aromatic carbocycles. The lowest BCUT2D eigenvalue weighted by atomic mass is 10.2. The largest absolute Gasteiger partial charge is 0.561 e. The molecule has 0 radical (unpaired) electrons. The molecule has 0 aliphatic carbocycles. The average molecular weight is 193 g/mol. The van der Waals surface area contributed by atoms with Crippen molar-refractivity contribution in [1.82, 2.24) is 0 Å². The van der Waals surface area contributed by atoms with Crippen molar-refractivity contribution in [2.45, 2.75) is 0 Å². The molecule has 0 fully saturated rings. The van der Waals surface area contributed by atoms with E-state index in [0.717, 1.165) is 12.3 Å². The molecule has 0 spiro atoms. The van der Waals surface area contributed by atoms with Gasteiger partial charge in [-0.3, -0.25) is 0 Å². The Morgan fingerprint density at radius 3 is 2.71 bits per heavy atom. The Kier molecular flexibility index (Phi) is 1.57. The fourth-order valence-corrected chi connectivity index (χ4v) is 1.22. The summed E-state index contributed by atoms with van der Waals surface area (Å²) in [6, 6.07) is 4.04. The van der Waals surface area contributed by atoms with Crippen molar-refractivity contribution < 1.29 is 14.8 Å². The molecule has 72 valence electrons. The molecule has 2 rings (SSSR count). The van der Waals surface area contributed by atoms with Crippen LogP contribution in [0.3, 0.4) is 0 Å². The van der Waals surface area contributed by atoms with E-state index >= 15 is 0 Å². The highest BCUT2D eigenvalue weighted by molar-refractivity contribution is 5.82. The minimum absolute atomic E-state index is 0.0780. The Morgan fingerprint density at radius 2 is 2.00 bits per heavy atom. The first-order valence-corrected chi connectivity index (χ1v) is 3.84. The number of fused-ring (bicyclic) bond motifs is 1. The van der Waals surface area contributed by atoms with Crippen LogP contribution in [0, 0.1) is 10.4 Å². The highest BCUT2D eigenvalue weighted by Gasteiger charge is 2.13. The van der Waals surface area contributed by atoms with Gasteiger partial charge < -0.3 is 21.3 Å². The molecule has 0 aliphatic rings. The van der Waals surface area contributed by atoms with Crippen LogP contribution in [0.5, 0.6) is 5.75 Å². The van der Waals surface area contributed by atoms with Gasteiger partial charge in [-0.15, -0.1) is 0 Å². The summed E-state index contributed by atoms with van der Waals surface area (Å²) < 4.78 is 0. The molecule has 0 unspecified atom stereocenters. The molecule has 2 aromatic rings. The molecule has 6 heteroatoms. The minimum atomic E-state index is -0.215. The molecule has 6 nitrogen and oxygen atoms in total. The van der Waals surface area contributed by atoms with Crippen molar-refractivity contribution >= 4 is 16.6 Å². The number of benzene rings is 1. The molecule has 0 aliphatic heterocycles. The number of aromatic hydroxyl groups is 1. The van der Waals surface area contributed by atoms with Gasteiger partial charge in [0, 0.05) is 6.07 Å². The lowest BCUT2D eigenvalue weighted by molar-refractivity contribution is -1.18. The van der Waals surface area contributed by atoms with Crippen molar-refractivity contribution in [3.05, 3.63) is 34.8 Å². The predicted octanol–water partition coefficient (Wildman–Crippen LogP) is -0.606. The number of nitrogens with zero attached hydrogens (tertiary/aromatic N) is 2. The fourth-order valence-electron chi connectivity index (χ4n) is 1.22. The third-order valence-corrected chi connectivity index (χ3v) is 1.94. The third-order valence-electron chi connectivity index (χ3n) is 1.94. The van der Waals surface area contributed by atoms with E-state index in [4.69, 9.17) is 5.73 Å². The number of phenolic OH excluding ortho intramolecular Hbond substituents is 1. The van der Waals surface area contributed by atoms with Gasteiger partial charge in [0.05, 0.1) is 26.8 Å². The standard InChI is InChI=1S/C8H7N3O3/c9-6-3-5-1-2-10(13)11(14)7(5)4-8(6)12/h1-4,12H,9H2. The maximum Gasteiger partial charge on any atom is 0.299 e. The molecule has 0 bridgehead atoms. The monoisotopic (exact) mass is 193 g/mol. The summed E-state index contributed by atoms with van der Waals surface area (Å²) in [5.41, 5.74) is 5.67. The summed E-state index contributed by atoms with van der Waals surface area (Å²) in [7, 11) is 0. The minimum Gasteiger partial charge on any atom is -0.561 e. The van der Waals surface area contributed by atoms with Crippen LogP contribution in [0.2, 0.25) is 0 Å². The zero-order valence-corrected chi connectivity index (χ0v) is 7.04. The molecule has 1 aromatic heterocycles. The molecule has 0 saturated carbocycles. The second-order valence-corrected chi connectivity index (χ2v) is 2.86. The van der Waals surface area contributed by atoms with Crippen molar-refractivity contribution in [1.29, 1.82) is 0 Å². The zero-order chi connectivity index (χ0) is 10.3. The van der Waals surface area contributed by atoms with Crippen LogP contribution in [0.4, 0.5) is 5.69 Å². The van der Waals surface area contributed by atoms with Gasteiger partial charge >= 0.3 is 0 Å². The Bertz CT molecular complexity index is 513. The normalized spacial score (nSPS) is 10.6. The highest BCUT2D eigenvalue weighted by atomic mass is 16.6. The van der Waals surface area contributed by atoms with Gasteiger partial charge in [-0.2, -0.15) is 0 Å². The number of phenols is 1. The van der Waals surface area contributed by atoms with Crippen molar-refractivity contribution in [2.24, 2.45) is 0 Å². The van der Waals surface area contributed by atoms with Crippen molar-refractivity contribution in [3.63, 3.8) is 0 Å². The summed E-state index contributed by atoms with van der Waals surface area (Å²) >= 11 is 0. The molecule has 0 amide bonds. The third kappa shape index (κ3) is 1.05. The van der Waals surface area contributed by atoms with E-state index in [-0.39, 0.29) is 26.6 Å². The second kappa shape index (κ2) is 2.63.